The zero-order chi connectivity index (χ0) is 18.1. The lowest BCUT2D eigenvalue weighted by Crippen LogP contribution is -2.38. The maximum atomic E-state index is 12.0. The van der Waals surface area contributed by atoms with E-state index in [1.54, 1.807) is 18.7 Å². The number of carbonyl (C=O) groups is 3. The summed E-state index contributed by atoms with van der Waals surface area (Å²) in [7, 11) is 0. The first-order valence-electron chi connectivity index (χ1n) is 7.86. The van der Waals surface area contributed by atoms with Crippen LogP contribution in [0.2, 0.25) is 0 Å². The number of benzene rings is 1. The lowest BCUT2D eigenvalue weighted by atomic mass is 10.4. The monoisotopic (exact) mass is 380 g/mol. The van der Waals surface area contributed by atoms with Crippen molar-refractivity contribution in [1.29, 1.82) is 0 Å². The highest BCUT2D eigenvalue weighted by molar-refractivity contribution is 8.04. The molecule has 0 unspecified atom stereocenters. The molecular formula is C17H20N2O4S2. The van der Waals surface area contributed by atoms with E-state index in [4.69, 9.17) is 4.74 Å². The number of hydrogen-bond acceptors (Lipinski definition) is 6. The van der Waals surface area contributed by atoms with Gasteiger partial charge in [0.1, 0.15) is 6.54 Å². The molecule has 0 aliphatic carbocycles. The van der Waals surface area contributed by atoms with Crippen molar-refractivity contribution >= 4 is 41.3 Å². The normalized spacial score (nSPS) is 15.5. The average molecular weight is 380 g/mol. The number of carbonyl (C=O) groups excluding carboxylic acids is 3. The van der Waals surface area contributed by atoms with Crippen LogP contribution in [-0.2, 0) is 19.1 Å². The zero-order valence-electron chi connectivity index (χ0n) is 13.9. The molecule has 1 saturated heterocycles. The second kappa shape index (κ2) is 10.1. The lowest BCUT2D eigenvalue weighted by molar-refractivity contribution is -0.137. The van der Waals surface area contributed by atoms with Gasteiger partial charge in [0, 0.05) is 17.2 Å². The van der Waals surface area contributed by atoms with Gasteiger partial charge in [-0.2, -0.15) is 0 Å². The van der Waals surface area contributed by atoms with E-state index < -0.39 is 5.97 Å². The molecule has 2 amide bonds. The van der Waals surface area contributed by atoms with E-state index in [0.29, 0.717) is 11.6 Å². The third-order valence-corrected chi connectivity index (χ3v) is 5.22. The van der Waals surface area contributed by atoms with E-state index in [9.17, 15) is 14.4 Å². The molecule has 0 saturated carbocycles. The lowest BCUT2D eigenvalue weighted by Gasteiger charge is -2.16. The molecule has 1 aromatic rings. The number of rotatable bonds is 8. The summed E-state index contributed by atoms with van der Waals surface area (Å²) in [6.07, 6.45) is 1.26. The molecule has 8 heteroatoms. The van der Waals surface area contributed by atoms with E-state index in [2.05, 4.69) is 5.32 Å². The van der Waals surface area contributed by atoms with Crippen molar-refractivity contribution in [2.75, 3.05) is 31.2 Å². The van der Waals surface area contributed by atoms with Crippen LogP contribution in [-0.4, -0.2) is 53.9 Å². The fraction of sp³-hybridized carbons (Fsp3) is 0.353. The molecule has 0 spiro atoms. The number of nitrogens with one attached hydrogen (secondary N) is 1. The minimum Gasteiger partial charge on any atom is -0.463 e. The average Bonchev–Trinajstić information content (AvgIpc) is 2.93. The number of nitrogens with zero attached hydrogens (tertiary/aromatic N) is 1. The van der Waals surface area contributed by atoms with Crippen molar-refractivity contribution in [1.82, 2.24) is 10.2 Å². The van der Waals surface area contributed by atoms with Gasteiger partial charge in [-0.1, -0.05) is 30.0 Å². The van der Waals surface area contributed by atoms with Gasteiger partial charge in [0.05, 0.1) is 23.5 Å². The van der Waals surface area contributed by atoms with Crippen LogP contribution in [0.15, 0.2) is 46.3 Å². The smallest absolute Gasteiger partial charge is 0.333 e. The summed E-state index contributed by atoms with van der Waals surface area (Å²) >= 11 is 2.88. The predicted molar refractivity (Wildman–Crippen MR) is 99.1 cm³/mol. The summed E-state index contributed by atoms with van der Waals surface area (Å²) < 4.78 is 4.84. The molecule has 1 heterocycles. The first-order valence-corrected chi connectivity index (χ1v) is 9.83. The van der Waals surface area contributed by atoms with E-state index in [0.717, 1.165) is 10.6 Å². The number of esters is 1. The first kappa shape index (κ1) is 19.4. The van der Waals surface area contributed by atoms with Gasteiger partial charge in [0.25, 0.3) is 0 Å². The molecule has 2 rings (SSSR count). The van der Waals surface area contributed by atoms with Crippen molar-refractivity contribution < 1.29 is 19.1 Å². The van der Waals surface area contributed by atoms with Crippen LogP contribution >= 0.6 is 23.5 Å². The highest BCUT2D eigenvalue weighted by atomic mass is 32.2. The fourth-order valence-electron chi connectivity index (χ4n) is 2.06. The molecule has 134 valence electrons. The molecule has 1 aliphatic rings. The maximum absolute atomic E-state index is 12.0. The standard InChI is InChI=1S/C17H20N2O4S2/c1-2-23-17(22)10-16-19(15(21)12-25-16)11-14(20)18-8-9-24-13-6-4-3-5-7-13/h3-7,10H,2,8-9,11-12H2,1H3,(H,18,20). The summed E-state index contributed by atoms with van der Waals surface area (Å²) in [6, 6.07) is 9.92. The molecule has 0 radical (unpaired) electrons. The van der Waals surface area contributed by atoms with Gasteiger partial charge in [-0.15, -0.1) is 11.8 Å². The van der Waals surface area contributed by atoms with Gasteiger partial charge in [-0.05, 0) is 19.1 Å². The number of thioether (sulfide) groups is 2. The fourth-order valence-corrected chi connectivity index (χ4v) is 3.78. The van der Waals surface area contributed by atoms with Crippen LogP contribution in [0.3, 0.4) is 0 Å². The van der Waals surface area contributed by atoms with E-state index in [-0.39, 0.29) is 30.7 Å². The predicted octanol–water partition coefficient (Wildman–Crippen LogP) is 1.87. The van der Waals surface area contributed by atoms with Crippen molar-refractivity contribution in [3.63, 3.8) is 0 Å². The number of amides is 2. The molecular weight excluding hydrogens is 360 g/mol. The van der Waals surface area contributed by atoms with Crippen LogP contribution in [0.5, 0.6) is 0 Å². The quantitative estimate of drug-likeness (QED) is 0.321. The molecule has 1 aliphatic heterocycles. The second-order valence-electron chi connectivity index (χ2n) is 5.01. The van der Waals surface area contributed by atoms with Gasteiger partial charge in [0.2, 0.25) is 11.8 Å². The van der Waals surface area contributed by atoms with Crippen molar-refractivity contribution in [3.8, 4) is 0 Å². The molecule has 0 bridgehead atoms. The maximum Gasteiger partial charge on any atom is 0.333 e. The Balaban J connectivity index is 1.77. The Morgan fingerprint density at radius 3 is 2.84 bits per heavy atom. The molecule has 1 N–H and O–H groups in total. The van der Waals surface area contributed by atoms with E-state index in [1.807, 2.05) is 30.3 Å². The third kappa shape index (κ3) is 6.47. The van der Waals surface area contributed by atoms with E-state index in [1.165, 1.54) is 22.7 Å². The van der Waals surface area contributed by atoms with Gasteiger partial charge >= 0.3 is 5.97 Å². The van der Waals surface area contributed by atoms with Crippen molar-refractivity contribution in [2.24, 2.45) is 0 Å². The summed E-state index contributed by atoms with van der Waals surface area (Å²) in [4.78, 5) is 37.9. The molecule has 25 heavy (non-hydrogen) atoms. The van der Waals surface area contributed by atoms with Crippen LogP contribution < -0.4 is 5.32 Å². The van der Waals surface area contributed by atoms with E-state index >= 15 is 0 Å². The summed E-state index contributed by atoms with van der Waals surface area (Å²) in [5.74, 6) is 0.0183. The largest absolute Gasteiger partial charge is 0.463 e. The Hall–Kier alpha value is -1.93. The minimum absolute atomic E-state index is 0.0902. The van der Waals surface area contributed by atoms with Crippen LogP contribution in [0.1, 0.15) is 6.92 Å². The Labute approximate surface area is 155 Å². The highest BCUT2D eigenvalue weighted by Gasteiger charge is 2.29. The Bertz CT molecular complexity index is 649. The molecule has 0 atom stereocenters. The molecule has 0 aromatic heterocycles. The van der Waals surface area contributed by atoms with Crippen LogP contribution in [0.4, 0.5) is 0 Å². The Morgan fingerprint density at radius 1 is 1.36 bits per heavy atom. The van der Waals surface area contributed by atoms with Gasteiger partial charge in [-0.3, -0.25) is 14.5 Å². The summed E-state index contributed by atoms with van der Waals surface area (Å²) in [6.45, 7) is 2.39. The SMILES string of the molecule is CCOC(=O)C=C1SCC(=O)N1CC(=O)NCCSc1ccccc1. The molecule has 1 aromatic carbocycles. The van der Waals surface area contributed by atoms with Crippen molar-refractivity contribution in [2.45, 2.75) is 11.8 Å². The third-order valence-electron chi connectivity index (χ3n) is 3.18. The van der Waals surface area contributed by atoms with Gasteiger partial charge in [-0.25, -0.2) is 4.79 Å². The second-order valence-corrected chi connectivity index (χ2v) is 7.18. The molecule has 1 fully saturated rings. The highest BCUT2D eigenvalue weighted by Crippen LogP contribution is 2.28. The Kier molecular flexibility index (Phi) is 7.87. The minimum atomic E-state index is -0.510. The van der Waals surface area contributed by atoms with Crippen LogP contribution in [0.25, 0.3) is 0 Å². The number of hydrogen-bond donors (Lipinski definition) is 1. The first-order chi connectivity index (χ1) is 12.1. The summed E-state index contributed by atoms with van der Waals surface area (Å²) in [5.41, 5.74) is 0. The van der Waals surface area contributed by atoms with Gasteiger partial charge < -0.3 is 10.1 Å². The van der Waals surface area contributed by atoms with Gasteiger partial charge in [0.15, 0.2) is 0 Å². The van der Waals surface area contributed by atoms with Crippen molar-refractivity contribution in [3.05, 3.63) is 41.4 Å². The molecule has 6 nitrogen and oxygen atoms in total. The zero-order valence-corrected chi connectivity index (χ0v) is 15.5. The number of ether oxygens (including phenoxy) is 1. The summed E-state index contributed by atoms with van der Waals surface area (Å²) in [5, 5.41) is 3.25. The topological polar surface area (TPSA) is 75.7 Å². The Morgan fingerprint density at radius 2 is 2.12 bits per heavy atom. The van der Waals surface area contributed by atoms with Crippen LogP contribution in [0, 0.1) is 0 Å².